The molecule has 2 aliphatic rings. The molecule has 10 heteroatoms. The van der Waals surface area contributed by atoms with Crippen molar-refractivity contribution in [1.29, 1.82) is 0 Å². The Kier molecular flexibility index (Phi) is 11.1. The molecule has 0 N–H and O–H groups in total. The lowest BCUT2D eigenvalue weighted by Crippen LogP contribution is -2.57. The van der Waals surface area contributed by atoms with Gasteiger partial charge >= 0.3 is 6.09 Å². The summed E-state index contributed by atoms with van der Waals surface area (Å²) < 4.78 is 12.8. The van der Waals surface area contributed by atoms with E-state index >= 15 is 0 Å². The second-order valence-corrected chi connectivity index (χ2v) is 14.8. The standard InChI is InChI=1S/C35H49BrN4O5/c1-25(2)40(23-26-13-15-28(36)16-14-26)31(41)27-10-9-17-39(24-27)29-11-8-12-30(22-29)44-35(6,7)32(42)37-18-20-38(21-19-37)33(43)45-34(3,4)5/h8,11-16,22,25,27H,9-10,17-21,23-24H2,1-7H3/t27-/m1/s1. The highest BCUT2D eigenvalue weighted by Crippen LogP contribution is 2.30. The van der Waals surface area contributed by atoms with Gasteiger partial charge in [0.05, 0.1) is 5.92 Å². The van der Waals surface area contributed by atoms with E-state index in [0.717, 1.165) is 35.1 Å². The molecule has 2 aromatic rings. The molecule has 2 aliphatic heterocycles. The van der Waals surface area contributed by atoms with Gasteiger partial charge in [0.1, 0.15) is 11.4 Å². The molecule has 2 saturated heterocycles. The number of hydrogen-bond acceptors (Lipinski definition) is 6. The highest BCUT2D eigenvalue weighted by atomic mass is 79.9. The number of benzene rings is 2. The van der Waals surface area contributed by atoms with Crippen molar-refractivity contribution in [2.75, 3.05) is 44.2 Å². The average molecular weight is 686 g/mol. The van der Waals surface area contributed by atoms with E-state index in [1.807, 2.05) is 62.1 Å². The van der Waals surface area contributed by atoms with Crippen molar-refractivity contribution in [2.24, 2.45) is 5.92 Å². The molecule has 2 heterocycles. The Balaban J connectivity index is 1.37. The number of rotatable bonds is 8. The van der Waals surface area contributed by atoms with Crippen molar-refractivity contribution in [3.05, 3.63) is 58.6 Å². The van der Waals surface area contributed by atoms with Gasteiger partial charge in [0.2, 0.25) is 5.91 Å². The van der Waals surface area contributed by atoms with Crippen LogP contribution in [0.3, 0.4) is 0 Å². The van der Waals surface area contributed by atoms with E-state index in [9.17, 15) is 14.4 Å². The summed E-state index contributed by atoms with van der Waals surface area (Å²) >= 11 is 3.49. The Morgan fingerprint density at radius 1 is 0.933 bits per heavy atom. The first-order valence-corrected chi connectivity index (χ1v) is 16.8. The normalized spacial score (nSPS) is 17.7. The van der Waals surface area contributed by atoms with Crippen LogP contribution in [0.5, 0.6) is 5.75 Å². The summed E-state index contributed by atoms with van der Waals surface area (Å²) in [6.07, 6.45) is 1.42. The van der Waals surface area contributed by atoms with Gasteiger partial charge in [0.15, 0.2) is 5.60 Å². The van der Waals surface area contributed by atoms with Gasteiger partial charge in [-0.3, -0.25) is 9.59 Å². The van der Waals surface area contributed by atoms with Crippen molar-refractivity contribution in [3.8, 4) is 5.75 Å². The summed E-state index contributed by atoms with van der Waals surface area (Å²) in [7, 11) is 0. The first kappa shape index (κ1) is 34.6. The molecule has 1 atom stereocenters. The number of nitrogens with zero attached hydrogens (tertiary/aromatic N) is 4. The van der Waals surface area contributed by atoms with Gasteiger partial charge in [0, 0.05) is 68.1 Å². The summed E-state index contributed by atoms with van der Waals surface area (Å²) in [6.45, 7) is 17.0. The van der Waals surface area contributed by atoms with Crippen LogP contribution in [0.2, 0.25) is 0 Å². The maximum absolute atomic E-state index is 13.8. The highest BCUT2D eigenvalue weighted by Gasteiger charge is 2.37. The monoisotopic (exact) mass is 684 g/mol. The second kappa shape index (κ2) is 14.4. The van der Waals surface area contributed by atoms with Crippen molar-refractivity contribution >= 4 is 39.5 Å². The van der Waals surface area contributed by atoms with E-state index in [0.29, 0.717) is 45.0 Å². The highest BCUT2D eigenvalue weighted by molar-refractivity contribution is 9.10. The number of carbonyl (C=O) groups excluding carboxylic acids is 3. The first-order valence-electron chi connectivity index (χ1n) is 16.0. The molecule has 4 rings (SSSR count). The third-order valence-electron chi connectivity index (χ3n) is 8.23. The lowest BCUT2D eigenvalue weighted by molar-refractivity contribution is -0.147. The maximum atomic E-state index is 13.8. The number of piperidine rings is 1. The van der Waals surface area contributed by atoms with Gasteiger partial charge in [-0.1, -0.05) is 34.1 Å². The largest absolute Gasteiger partial charge is 0.478 e. The molecule has 0 aromatic heterocycles. The molecule has 3 amide bonds. The van der Waals surface area contributed by atoms with Gasteiger partial charge in [0.25, 0.3) is 5.91 Å². The molecule has 9 nitrogen and oxygen atoms in total. The number of hydrogen-bond donors (Lipinski definition) is 0. The van der Waals surface area contributed by atoms with Crippen LogP contribution in [0.25, 0.3) is 0 Å². The molecule has 2 aromatic carbocycles. The van der Waals surface area contributed by atoms with Crippen molar-refractivity contribution in [3.63, 3.8) is 0 Å². The number of carbonyl (C=O) groups is 3. The zero-order valence-corrected chi connectivity index (χ0v) is 29.4. The predicted octanol–water partition coefficient (Wildman–Crippen LogP) is 6.34. The fourth-order valence-corrected chi connectivity index (χ4v) is 6.09. The molecule has 0 saturated carbocycles. The fraction of sp³-hybridized carbons (Fsp3) is 0.571. The van der Waals surface area contributed by atoms with Crippen molar-refractivity contribution in [1.82, 2.24) is 14.7 Å². The van der Waals surface area contributed by atoms with E-state index in [4.69, 9.17) is 9.47 Å². The van der Waals surface area contributed by atoms with Gasteiger partial charge in [-0.25, -0.2) is 4.79 Å². The predicted molar refractivity (Wildman–Crippen MR) is 180 cm³/mol. The van der Waals surface area contributed by atoms with E-state index in [2.05, 4.69) is 46.8 Å². The zero-order chi connectivity index (χ0) is 32.9. The summed E-state index contributed by atoms with van der Waals surface area (Å²) in [5, 5.41) is 0. The number of ether oxygens (including phenoxy) is 2. The quantitative estimate of drug-likeness (QED) is 0.323. The molecule has 0 bridgehead atoms. The third kappa shape index (κ3) is 9.37. The van der Waals surface area contributed by atoms with Crippen LogP contribution >= 0.6 is 15.9 Å². The first-order chi connectivity index (χ1) is 21.1. The topological polar surface area (TPSA) is 82.6 Å². The van der Waals surface area contributed by atoms with E-state index in [-0.39, 0.29) is 29.9 Å². The Morgan fingerprint density at radius 3 is 2.20 bits per heavy atom. The summed E-state index contributed by atoms with van der Waals surface area (Å²) in [5.41, 5.74) is 0.425. The Bertz CT molecular complexity index is 1330. The molecule has 2 fully saturated rings. The molecule has 0 radical (unpaired) electrons. The third-order valence-corrected chi connectivity index (χ3v) is 8.76. The van der Waals surface area contributed by atoms with Gasteiger partial charge < -0.3 is 29.1 Å². The summed E-state index contributed by atoms with van der Waals surface area (Å²) in [5.74, 6) is 0.563. The Hall–Kier alpha value is -3.27. The van der Waals surface area contributed by atoms with Crippen LogP contribution in [0, 0.1) is 5.92 Å². The average Bonchev–Trinajstić information content (AvgIpc) is 2.99. The molecule has 0 unspecified atom stereocenters. The van der Waals surface area contributed by atoms with Crippen LogP contribution in [-0.4, -0.2) is 89.1 Å². The maximum Gasteiger partial charge on any atom is 0.410 e. The smallest absolute Gasteiger partial charge is 0.410 e. The Labute approximate surface area is 276 Å². The summed E-state index contributed by atoms with van der Waals surface area (Å²) in [6, 6.07) is 16.0. The molecule has 0 spiro atoms. The van der Waals surface area contributed by atoms with Gasteiger partial charge in [-0.15, -0.1) is 0 Å². The van der Waals surface area contributed by atoms with Gasteiger partial charge in [-0.2, -0.15) is 0 Å². The van der Waals surface area contributed by atoms with Gasteiger partial charge in [-0.05, 0) is 91.1 Å². The van der Waals surface area contributed by atoms with Crippen LogP contribution in [0.1, 0.15) is 66.9 Å². The van der Waals surface area contributed by atoms with E-state index < -0.39 is 11.2 Å². The van der Waals surface area contributed by atoms with Crippen LogP contribution in [0.15, 0.2) is 53.0 Å². The fourth-order valence-electron chi connectivity index (χ4n) is 5.83. The molecule has 45 heavy (non-hydrogen) atoms. The van der Waals surface area contributed by atoms with Crippen LogP contribution < -0.4 is 9.64 Å². The second-order valence-electron chi connectivity index (χ2n) is 13.8. The number of halogens is 1. The summed E-state index contributed by atoms with van der Waals surface area (Å²) in [4.78, 5) is 47.4. The Morgan fingerprint density at radius 2 is 1.58 bits per heavy atom. The molecular formula is C35H49BrN4O5. The number of amides is 3. The molecule has 246 valence electrons. The SMILES string of the molecule is CC(C)N(Cc1ccc(Br)cc1)C(=O)[C@@H]1CCCN(c2cccc(OC(C)(C)C(=O)N3CCN(C(=O)OC(C)(C)C)CC3)c2)C1. The van der Waals surface area contributed by atoms with Crippen LogP contribution in [-0.2, 0) is 20.9 Å². The van der Waals surface area contributed by atoms with E-state index in [1.54, 1.807) is 23.6 Å². The van der Waals surface area contributed by atoms with E-state index in [1.165, 1.54) is 0 Å². The number of piperazine rings is 1. The lowest BCUT2D eigenvalue weighted by atomic mass is 9.95. The van der Waals surface area contributed by atoms with Crippen LogP contribution in [0.4, 0.5) is 10.5 Å². The van der Waals surface area contributed by atoms with Crippen molar-refractivity contribution in [2.45, 2.75) is 85.1 Å². The zero-order valence-electron chi connectivity index (χ0n) is 27.8. The molecular weight excluding hydrogens is 636 g/mol. The minimum atomic E-state index is -1.10. The number of anilines is 1. The lowest BCUT2D eigenvalue weighted by Gasteiger charge is -2.39. The molecule has 0 aliphatic carbocycles. The van der Waals surface area contributed by atoms with Crippen molar-refractivity contribution < 1.29 is 23.9 Å². The minimum Gasteiger partial charge on any atom is -0.478 e. The minimum absolute atomic E-state index is 0.0910.